The van der Waals surface area contributed by atoms with Crippen LogP contribution in [0.4, 0.5) is 10.5 Å². The number of para-hydroxylation sites is 1. The monoisotopic (exact) mass is 288 g/mol. The molecule has 1 heterocycles. The van der Waals surface area contributed by atoms with Gasteiger partial charge in [-0.2, -0.15) is 0 Å². The highest BCUT2D eigenvalue weighted by molar-refractivity contribution is 5.90. The van der Waals surface area contributed by atoms with Gasteiger partial charge in [0, 0.05) is 5.69 Å². The largest absolute Gasteiger partial charge is 0.467 e. The molecule has 2 rings (SSSR count). The Morgan fingerprint density at radius 1 is 1.29 bits per heavy atom. The van der Waals surface area contributed by atoms with Crippen molar-refractivity contribution >= 4 is 11.7 Å². The molecule has 112 valence electrons. The zero-order chi connectivity index (χ0) is 15.1. The highest BCUT2D eigenvalue weighted by atomic mass is 16.4. The third-order valence-corrected chi connectivity index (χ3v) is 3.11. The smallest absolute Gasteiger partial charge is 0.319 e. The third-order valence-electron chi connectivity index (χ3n) is 3.11. The Kier molecular flexibility index (Phi) is 5.40. The van der Waals surface area contributed by atoms with Crippen molar-refractivity contribution in [2.45, 2.75) is 25.9 Å². The van der Waals surface area contributed by atoms with E-state index >= 15 is 0 Å². The summed E-state index contributed by atoms with van der Waals surface area (Å²) >= 11 is 0. The molecule has 1 aromatic carbocycles. The van der Waals surface area contributed by atoms with Gasteiger partial charge in [0.15, 0.2) is 0 Å². The zero-order valence-corrected chi connectivity index (χ0v) is 12.0. The summed E-state index contributed by atoms with van der Waals surface area (Å²) in [4.78, 5) is 11.9. The summed E-state index contributed by atoms with van der Waals surface area (Å²) in [6.45, 7) is 2.19. The van der Waals surface area contributed by atoms with Gasteiger partial charge in [0.05, 0.1) is 12.8 Å². The van der Waals surface area contributed by atoms with E-state index in [9.17, 15) is 9.90 Å². The van der Waals surface area contributed by atoms with E-state index in [1.54, 1.807) is 12.1 Å². The van der Waals surface area contributed by atoms with Gasteiger partial charge >= 0.3 is 6.03 Å². The van der Waals surface area contributed by atoms with E-state index in [1.807, 2.05) is 24.3 Å². The maximum absolute atomic E-state index is 11.9. The number of furan rings is 1. The number of anilines is 1. The van der Waals surface area contributed by atoms with Crippen LogP contribution in [0.2, 0.25) is 0 Å². The lowest BCUT2D eigenvalue weighted by molar-refractivity contribution is 0.149. The zero-order valence-electron chi connectivity index (χ0n) is 12.0. The van der Waals surface area contributed by atoms with Crippen LogP contribution in [0.1, 0.15) is 30.8 Å². The van der Waals surface area contributed by atoms with Crippen molar-refractivity contribution in [3.8, 4) is 0 Å². The maximum Gasteiger partial charge on any atom is 0.319 e. The molecule has 0 aliphatic carbocycles. The minimum absolute atomic E-state index is 0.0926. The minimum atomic E-state index is -0.850. The van der Waals surface area contributed by atoms with Crippen LogP contribution in [-0.2, 0) is 6.42 Å². The van der Waals surface area contributed by atoms with E-state index < -0.39 is 6.10 Å². The van der Waals surface area contributed by atoms with Gasteiger partial charge in [-0.1, -0.05) is 31.5 Å². The fourth-order valence-electron chi connectivity index (χ4n) is 2.07. The summed E-state index contributed by atoms with van der Waals surface area (Å²) in [5.74, 6) is 0.432. The highest BCUT2D eigenvalue weighted by Gasteiger charge is 2.12. The lowest BCUT2D eigenvalue weighted by atomic mass is 10.1. The van der Waals surface area contributed by atoms with Crippen molar-refractivity contribution in [3.63, 3.8) is 0 Å². The van der Waals surface area contributed by atoms with Crippen molar-refractivity contribution in [2.24, 2.45) is 0 Å². The van der Waals surface area contributed by atoms with E-state index in [4.69, 9.17) is 4.42 Å². The van der Waals surface area contributed by atoms with Crippen LogP contribution in [0.25, 0.3) is 0 Å². The number of aliphatic hydroxyl groups is 1. The number of nitrogens with one attached hydrogen (secondary N) is 2. The molecule has 1 unspecified atom stereocenters. The van der Waals surface area contributed by atoms with E-state index in [-0.39, 0.29) is 12.6 Å². The molecule has 5 nitrogen and oxygen atoms in total. The molecule has 21 heavy (non-hydrogen) atoms. The fourth-order valence-corrected chi connectivity index (χ4v) is 2.07. The summed E-state index contributed by atoms with van der Waals surface area (Å²) in [5.41, 5.74) is 1.89. The van der Waals surface area contributed by atoms with Crippen molar-refractivity contribution in [1.29, 1.82) is 0 Å². The molecule has 0 aliphatic rings. The molecule has 0 fully saturated rings. The number of urea groups is 1. The summed E-state index contributed by atoms with van der Waals surface area (Å²) in [5, 5.41) is 15.3. The van der Waals surface area contributed by atoms with Crippen LogP contribution < -0.4 is 10.6 Å². The number of carbonyl (C=O) groups excluding carboxylic acids is 1. The second kappa shape index (κ2) is 7.50. The van der Waals surface area contributed by atoms with Crippen LogP contribution in [-0.4, -0.2) is 17.7 Å². The lowest BCUT2D eigenvalue weighted by Gasteiger charge is -2.13. The molecule has 2 amide bonds. The second-order valence-corrected chi connectivity index (χ2v) is 4.77. The Morgan fingerprint density at radius 2 is 2.10 bits per heavy atom. The van der Waals surface area contributed by atoms with Crippen molar-refractivity contribution in [2.75, 3.05) is 11.9 Å². The number of carbonyl (C=O) groups is 1. The first kappa shape index (κ1) is 15.1. The maximum atomic E-state index is 11.9. The predicted octanol–water partition coefficient (Wildman–Crippen LogP) is 3.09. The van der Waals surface area contributed by atoms with E-state index in [1.165, 1.54) is 6.26 Å². The van der Waals surface area contributed by atoms with Crippen molar-refractivity contribution in [3.05, 3.63) is 54.0 Å². The Labute approximate surface area is 124 Å². The number of amides is 2. The average Bonchev–Trinajstić information content (AvgIpc) is 3.01. The van der Waals surface area contributed by atoms with Crippen LogP contribution in [0.15, 0.2) is 47.1 Å². The molecule has 2 aromatic rings. The van der Waals surface area contributed by atoms with Gasteiger partial charge in [-0.3, -0.25) is 0 Å². The summed E-state index contributed by atoms with van der Waals surface area (Å²) in [6.07, 6.45) is 2.56. The number of aryl methyl sites for hydroxylation is 1. The SMILES string of the molecule is CCCc1ccccc1NC(=O)NCC(O)c1ccco1. The first-order valence-corrected chi connectivity index (χ1v) is 7.05. The Balaban J connectivity index is 1.87. The van der Waals surface area contributed by atoms with Gasteiger partial charge in [0.2, 0.25) is 0 Å². The molecule has 5 heteroatoms. The van der Waals surface area contributed by atoms with Gasteiger partial charge in [-0.15, -0.1) is 0 Å². The van der Waals surface area contributed by atoms with Gasteiger partial charge in [-0.05, 0) is 30.2 Å². The molecule has 0 saturated heterocycles. The van der Waals surface area contributed by atoms with Gasteiger partial charge < -0.3 is 20.2 Å². The summed E-state index contributed by atoms with van der Waals surface area (Å²) < 4.78 is 5.08. The molecule has 0 bridgehead atoms. The Hall–Kier alpha value is -2.27. The van der Waals surface area contributed by atoms with E-state index in [0.717, 1.165) is 24.1 Å². The first-order chi connectivity index (χ1) is 10.2. The molecule has 0 spiro atoms. The summed E-state index contributed by atoms with van der Waals surface area (Å²) in [7, 11) is 0. The topological polar surface area (TPSA) is 74.5 Å². The fraction of sp³-hybridized carbons (Fsp3) is 0.312. The highest BCUT2D eigenvalue weighted by Crippen LogP contribution is 2.17. The molecule has 1 aromatic heterocycles. The van der Waals surface area contributed by atoms with Crippen molar-refractivity contribution < 1.29 is 14.3 Å². The Morgan fingerprint density at radius 3 is 2.81 bits per heavy atom. The lowest BCUT2D eigenvalue weighted by Crippen LogP contribution is -2.32. The number of rotatable bonds is 6. The van der Waals surface area contributed by atoms with E-state index in [0.29, 0.717) is 5.76 Å². The van der Waals surface area contributed by atoms with Gasteiger partial charge in [0.25, 0.3) is 0 Å². The molecular formula is C16H20N2O3. The number of benzene rings is 1. The molecule has 1 atom stereocenters. The first-order valence-electron chi connectivity index (χ1n) is 7.05. The molecule has 0 radical (unpaired) electrons. The predicted molar refractivity (Wildman–Crippen MR) is 81.1 cm³/mol. The quantitative estimate of drug-likeness (QED) is 0.764. The van der Waals surface area contributed by atoms with Crippen LogP contribution in [0.3, 0.4) is 0 Å². The summed E-state index contributed by atoms with van der Waals surface area (Å²) in [6, 6.07) is 10.7. The van der Waals surface area contributed by atoms with Crippen LogP contribution in [0, 0.1) is 0 Å². The van der Waals surface area contributed by atoms with Gasteiger partial charge in [0.1, 0.15) is 11.9 Å². The van der Waals surface area contributed by atoms with Crippen molar-refractivity contribution in [1.82, 2.24) is 5.32 Å². The minimum Gasteiger partial charge on any atom is -0.467 e. The van der Waals surface area contributed by atoms with Crippen LogP contribution >= 0.6 is 0 Å². The molecule has 3 N–H and O–H groups in total. The molecular weight excluding hydrogens is 268 g/mol. The normalized spacial score (nSPS) is 11.9. The number of hydrogen-bond acceptors (Lipinski definition) is 3. The van der Waals surface area contributed by atoms with Gasteiger partial charge in [-0.25, -0.2) is 4.79 Å². The third kappa shape index (κ3) is 4.36. The number of aliphatic hydroxyl groups excluding tert-OH is 1. The Bertz CT molecular complexity index is 567. The standard InChI is InChI=1S/C16H20N2O3/c1-2-6-12-7-3-4-8-13(12)18-16(20)17-11-14(19)15-9-5-10-21-15/h3-5,7-10,14,19H,2,6,11H2,1H3,(H2,17,18,20). The van der Waals surface area contributed by atoms with Crippen LogP contribution in [0.5, 0.6) is 0 Å². The van der Waals surface area contributed by atoms with E-state index in [2.05, 4.69) is 17.6 Å². The number of hydrogen-bond donors (Lipinski definition) is 3. The average molecular weight is 288 g/mol. The second-order valence-electron chi connectivity index (χ2n) is 4.77. The molecule has 0 saturated carbocycles. The molecule has 0 aliphatic heterocycles.